The van der Waals surface area contributed by atoms with Crippen molar-refractivity contribution in [2.75, 3.05) is 36.8 Å². The number of anilines is 1. The van der Waals surface area contributed by atoms with Crippen LogP contribution in [0.25, 0.3) is 10.2 Å². The van der Waals surface area contributed by atoms with Gasteiger partial charge in [0.2, 0.25) is 0 Å². The molecule has 2 aromatic rings. The third-order valence-corrected chi connectivity index (χ3v) is 7.55. The first-order valence-corrected chi connectivity index (χ1v) is 11.5. The molecule has 1 N–H and O–H groups in total. The van der Waals surface area contributed by atoms with Gasteiger partial charge in [0.25, 0.3) is 0 Å². The van der Waals surface area contributed by atoms with E-state index >= 15 is 0 Å². The summed E-state index contributed by atoms with van der Waals surface area (Å²) in [5, 5.41) is 5.66. The van der Waals surface area contributed by atoms with Gasteiger partial charge in [0, 0.05) is 43.2 Å². The Morgan fingerprint density at radius 3 is 2.81 bits per heavy atom. The fraction of sp³-hybridized carbons (Fsp3) is 0.684. The van der Waals surface area contributed by atoms with Crippen molar-refractivity contribution < 1.29 is 4.74 Å². The average Bonchev–Trinajstić information content (AvgIpc) is 3.03. The van der Waals surface area contributed by atoms with Crippen molar-refractivity contribution in [2.45, 2.75) is 57.4 Å². The molecule has 4 rings (SSSR count). The normalized spacial score (nSPS) is 23.4. The number of hydrogen-bond donors (Lipinski definition) is 1. The van der Waals surface area contributed by atoms with E-state index in [4.69, 9.17) is 14.7 Å². The van der Waals surface area contributed by atoms with E-state index in [1.807, 2.05) is 0 Å². The fourth-order valence-corrected chi connectivity index (χ4v) is 5.47. The zero-order valence-electron chi connectivity index (χ0n) is 15.9. The van der Waals surface area contributed by atoms with Gasteiger partial charge in [-0.15, -0.1) is 11.3 Å². The van der Waals surface area contributed by atoms with Crippen LogP contribution in [0.15, 0.2) is 5.16 Å². The van der Waals surface area contributed by atoms with Gasteiger partial charge >= 0.3 is 0 Å². The summed E-state index contributed by atoms with van der Waals surface area (Å²) in [4.78, 5) is 14.9. The van der Waals surface area contributed by atoms with E-state index in [2.05, 4.69) is 31.0 Å². The molecule has 142 valence electrons. The zero-order valence-corrected chi connectivity index (χ0v) is 17.6. The highest BCUT2D eigenvalue weighted by Crippen LogP contribution is 2.43. The van der Waals surface area contributed by atoms with E-state index in [-0.39, 0.29) is 5.60 Å². The first kappa shape index (κ1) is 18.5. The number of nitrogens with zero attached hydrogens (tertiary/aromatic N) is 3. The molecule has 0 saturated carbocycles. The summed E-state index contributed by atoms with van der Waals surface area (Å²) in [6.07, 6.45) is 3.12. The smallest absolute Gasteiger partial charge is 0.190 e. The van der Waals surface area contributed by atoms with Crippen molar-refractivity contribution in [1.82, 2.24) is 15.3 Å². The van der Waals surface area contributed by atoms with Crippen molar-refractivity contribution >= 4 is 39.1 Å². The first-order valence-electron chi connectivity index (χ1n) is 9.68. The van der Waals surface area contributed by atoms with Gasteiger partial charge in [-0.05, 0) is 25.3 Å². The Morgan fingerprint density at radius 1 is 1.27 bits per heavy atom. The standard InChI is InChI=1S/C19H28N4OS2/c1-4-10-25-18-21-16(23-8-6-20-7-9-23)15-13-11-19(3,5-2)24-12-14(13)26-17(15)22-18/h20H,4-12H2,1-3H3. The summed E-state index contributed by atoms with van der Waals surface area (Å²) in [5.41, 5.74) is 1.36. The molecule has 2 aromatic heterocycles. The van der Waals surface area contributed by atoms with Crippen molar-refractivity contribution in [1.29, 1.82) is 0 Å². The molecule has 1 atom stereocenters. The lowest BCUT2D eigenvalue weighted by Crippen LogP contribution is -2.44. The molecule has 0 bridgehead atoms. The number of ether oxygens (including phenoxy) is 1. The van der Waals surface area contributed by atoms with Crippen LogP contribution in [-0.4, -0.2) is 47.5 Å². The zero-order chi connectivity index (χ0) is 18.1. The van der Waals surface area contributed by atoms with Crippen molar-refractivity contribution in [3.05, 3.63) is 10.4 Å². The molecule has 4 heterocycles. The lowest BCUT2D eigenvalue weighted by molar-refractivity contribution is -0.0543. The van der Waals surface area contributed by atoms with Gasteiger partial charge in [-0.2, -0.15) is 0 Å². The molecular weight excluding hydrogens is 364 g/mol. The van der Waals surface area contributed by atoms with E-state index in [1.54, 1.807) is 23.1 Å². The number of piperazine rings is 1. The third-order valence-electron chi connectivity index (χ3n) is 5.40. The highest BCUT2D eigenvalue weighted by atomic mass is 32.2. The number of fused-ring (bicyclic) bond motifs is 3. The van der Waals surface area contributed by atoms with E-state index in [9.17, 15) is 0 Å². The van der Waals surface area contributed by atoms with Gasteiger partial charge in [0.1, 0.15) is 10.6 Å². The minimum absolute atomic E-state index is 0.0721. The number of hydrogen-bond acceptors (Lipinski definition) is 7. The summed E-state index contributed by atoms with van der Waals surface area (Å²) in [6, 6.07) is 0. The second kappa shape index (κ2) is 7.62. The lowest BCUT2D eigenvalue weighted by Gasteiger charge is -2.34. The molecule has 2 aliphatic heterocycles. The second-order valence-electron chi connectivity index (χ2n) is 7.37. The van der Waals surface area contributed by atoms with E-state index in [1.165, 1.54) is 15.8 Å². The summed E-state index contributed by atoms with van der Waals surface area (Å²) in [5.74, 6) is 2.21. The van der Waals surface area contributed by atoms with Crippen LogP contribution in [0.5, 0.6) is 0 Å². The summed E-state index contributed by atoms with van der Waals surface area (Å²) in [7, 11) is 0. The minimum atomic E-state index is -0.0721. The molecular formula is C19H28N4OS2. The van der Waals surface area contributed by atoms with E-state index in [0.29, 0.717) is 6.61 Å². The monoisotopic (exact) mass is 392 g/mol. The van der Waals surface area contributed by atoms with Gasteiger partial charge < -0.3 is 15.0 Å². The highest BCUT2D eigenvalue weighted by molar-refractivity contribution is 7.99. The van der Waals surface area contributed by atoms with Gasteiger partial charge in [0.15, 0.2) is 5.16 Å². The quantitative estimate of drug-likeness (QED) is 0.616. The molecule has 1 fully saturated rings. The van der Waals surface area contributed by atoms with Crippen molar-refractivity contribution in [2.24, 2.45) is 0 Å². The van der Waals surface area contributed by atoms with Crippen LogP contribution in [-0.2, 0) is 17.8 Å². The van der Waals surface area contributed by atoms with Crippen molar-refractivity contribution in [3.63, 3.8) is 0 Å². The van der Waals surface area contributed by atoms with E-state index < -0.39 is 0 Å². The van der Waals surface area contributed by atoms with Crippen LogP contribution in [0.4, 0.5) is 5.82 Å². The Kier molecular flexibility index (Phi) is 5.41. The van der Waals surface area contributed by atoms with E-state index in [0.717, 1.165) is 67.0 Å². The minimum Gasteiger partial charge on any atom is -0.369 e. The number of aromatic nitrogens is 2. The molecule has 26 heavy (non-hydrogen) atoms. The summed E-state index contributed by atoms with van der Waals surface area (Å²) >= 11 is 3.58. The molecule has 0 amide bonds. The molecule has 0 radical (unpaired) electrons. The predicted octanol–water partition coefficient (Wildman–Crippen LogP) is 3.84. The maximum Gasteiger partial charge on any atom is 0.190 e. The largest absolute Gasteiger partial charge is 0.369 e. The molecule has 1 unspecified atom stereocenters. The molecule has 0 spiro atoms. The van der Waals surface area contributed by atoms with Gasteiger partial charge in [-0.1, -0.05) is 25.6 Å². The van der Waals surface area contributed by atoms with Crippen LogP contribution in [0.1, 0.15) is 44.1 Å². The predicted molar refractivity (Wildman–Crippen MR) is 111 cm³/mol. The number of rotatable bonds is 5. The van der Waals surface area contributed by atoms with Crippen LogP contribution < -0.4 is 10.2 Å². The Bertz CT molecular complexity index is 787. The van der Waals surface area contributed by atoms with Gasteiger partial charge in [-0.3, -0.25) is 0 Å². The number of thioether (sulfide) groups is 1. The number of nitrogens with one attached hydrogen (secondary N) is 1. The summed E-state index contributed by atoms with van der Waals surface area (Å²) < 4.78 is 6.18. The van der Waals surface area contributed by atoms with Crippen molar-refractivity contribution in [3.8, 4) is 0 Å². The Hall–Kier alpha value is -0.890. The average molecular weight is 393 g/mol. The van der Waals surface area contributed by atoms with Crippen LogP contribution in [0.2, 0.25) is 0 Å². The first-order chi connectivity index (χ1) is 12.6. The van der Waals surface area contributed by atoms with Crippen LogP contribution in [0.3, 0.4) is 0 Å². The topological polar surface area (TPSA) is 50.3 Å². The molecule has 0 aliphatic carbocycles. The lowest BCUT2D eigenvalue weighted by atomic mass is 9.90. The fourth-order valence-electron chi connectivity index (χ4n) is 3.62. The molecule has 0 aromatic carbocycles. The molecule has 5 nitrogen and oxygen atoms in total. The van der Waals surface area contributed by atoms with Crippen LogP contribution in [0, 0.1) is 0 Å². The molecule has 1 saturated heterocycles. The molecule has 2 aliphatic rings. The maximum absolute atomic E-state index is 6.18. The van der Waals surface area contributed by atoms with Crippen LogP contribution >= 0.6 is 23.1 Å². The Morgan fingerprint density at radius 2 is 2.08 bits per heavy atom. The highest BCUT2D eigenvalue weighted by Gasteiger charge is 2.34. The Labute approximate surface area is 163 Å². The molecule has 7 heteroatoms. The third kappa shape index (κ3) is 3.46. The SMILES string of the molecule is CCCSc1nc(N2CCNCC2)c2c3c(sc2n1)COC(C)(CC)C3. The summed E-state index contributed by atoms with van der Waals surface area (Å²) in [6.45, 7) is 11.4. The number of thiophene rings is 1. The van der Waals surface area contributed by atoms with Gasteiger partial charge in [-0.25, -0.2) is 9.97 Å². The Balaban J connectivity index is 1.83. The maximum atomic E-state index is 6.18. The van der Waals surface area contributed by atoms with Gasteiger partial charge in [0.05, 0.1) is 17.6 Å². The second-order valence-corrected chi connectivity index (χ2v) is 9.51.